The van der Waals surface area contributed by atoms with E-state index in [0.717, 1.165) is 9.88 Å². The molecule has 2 aromatic rings. The maximum Gasteiger partial charge on any atom is 0.140 e. The van der Waals surface area contributed by atoms with Crippen LogP contribution < -0.4 is 0 Å². The molecule has 0 saturated carbocycles. The highest BCUT2D eigenvalue weighted by atomic mass is 32.1. The number of nitrogens with zero attached hydrogens (tertiary/aromatic N) is 1. The predicted molar refractivity (Wildman–Crippen MR) is 50.5 cm³/mol. The fourth-order valence-electron chi connectivity index (χ4n) is 0.938. The molecule has 0 aromatic carbocycles. The van der Waals surface area contributed by atoms with Gasteiger partial charge in [-0.15, -0.1) is 22.7 Å². The minimum absolute atomic E-state index is 0.537. The number of aromatic nitrogens is 1. The zero-order valence-electron chi connectivity index (χ0n) is 6.18. The molecule has 2 nitrogen and oxygen atoms in total. The molecule has 0 aliphatic carbocycles. The van der Waals surface area contributed by atoms with Crippen molar-refractivity contribution >= 4 is 22.7 Å². The summed E-state index contributed by atoms with van der Waals surface area (Å²) in [5, 5.41) is 14.3. The Kier molecular flexibility index (Phi) is 2.21. The Hall–Kier alpha value is -0.710. The maximum atomic E-state index is 9.73. The summed E-state index contributed by atoms with van der Waals surface area (Å²) in [5.74, 6) is 0. The minimum atomic E-state index is -0.537. The quantitative estimate of drug-likeness (QED) is 0.801. The first-order chi connectivity index (χ1) is 5.88. The maximum absolute atomic E-state index is 9.73. The Balaban J connectivity index is 2.27. The molecular weight excluding hydrogens is 190 g/mol. The van der Waals surface area contributed by atoms with Crippen LogP contribution in [0.4, 0.5) is 0 Å². The minimum Gasteiger partial charge on any atom is -0.380 e. The highest BCUT2D eigenvalue weighted by Gasteiger charge is 2.12. The topological polar surface area (TPSA) is 33.1 Å². The third-order valence-electron chi connectivity index (χ3n) is 1.50. The lowest BCUT2D eigenvalue weighted by atomic mass is 10.3. The zero-order chi connectivity index (χ0) is 8.39. The van der Waals surface area contributed by atoms with Gasteiger partial charge in [-0.2, -0.15) is 0 Å². The third-order valence-corrected chi connectivity index (χ3v) is 3.25. The number of rotatable bonds is 2. The van der Waals surface area contributed by atoms with E-state index in [1.807, 2.05) is 22.9 Å². The van der Waals surface area contributed by atoms with E-state index in [4.69, 9.17) is 0 Å². The molecule has 0 saturated heterocycles. The van der Waals surface area contributed by atoms with Crippen molar-refractivity contribution in [2.45, 2.75) is 6.10 Å². The Labute approximate surface area is 78.1 Å². The van der Waals surface area contributed by atoms with Gasteiger partial charge in [0.2, 0.25) is 0 Å². The molecule has 1 N–H and O–H groups in total. The van der Waals surface area contributed by atoms with Crippen molar-refractivity contribution in [1.82, 2.24) is 4.98 Å². The van der Waals surface area contributed by atoms with Crippen LogP contribution >= 0.6 is 22.7 Å². The van der Waals surface area contributed by atoms with Crippen LogP contribution in [-0.4, -0.2) is 10.1 Å². The van der Waals surface area contributed by atoms with Crippen LogP contribution in [0.2, 0.25) is 0 Å². The standard InChI is InChI=1S/C8H7NOS2/c10-7(6-2-1-4-11-6)8-9-3-5-12-8/h1-5,7,10H. The average Bonchev–Trinajstić information content (AvgIpc) is 2.77. The van der Waals surface area contributed by atoms with E-state index in [0.29, 0.717) is 0 Å². The first-order valence-electron chi connectivity index (χ1n) is 3.49. The molecule has 1 atom stereocenters. The van der Waals surface area contributed by atoms with Gasteiger partial charge < -0.3 is 5.11 Å². The van der Waals surface area contributed by atoms with E-state index in [9.17, 15) is 5.11 Å². The molecule has 0 spiro atoms. The van der Waals surface area contributed by atoms with Gasteiger partial charge in [-0.3, -0.25) is 0 Å². The largest absolute Gasteiger partial charge is 0.380 e. The monoisotopic (exact) mass is 197 g/mol. The first kappa shape index (κ1) is 7.91. The van der Waals surface area contributed by atoms with Crippen molar-refractivity contribution in [1.29, 1.82) is 0 Å². The summed E-state index contributed by atoms with van der Waals surface area (Å²) < 4.78 is 0. The van der Waals surface area contributed by atoms with Crippen LogP contribution in [0.25, 0.3) is 0 Å². The highest BCUT2D eigenvalue weighted by molar-refractivity contribution is 7.11. The van der Waals surface area contributed by atoms with E-state index in [2.05, 4.69) is 4.98 Å². The van der Waals surface area contributed by atoms with Crippen LogP contribution in [0.15, 0.2) is 29.1 Å². The molecule has 2 heterocycles. The van der Waals surface area contributed by atoms with Crippen molar-refractivity contribution in [2.75, 3.05) is 0 Å². The number of aliphatic hydroxyl groups is 1. The number of hydrogen-bond acceptors (Lipinski definition) is 4. The van der Waals surface area contributed by atoms with Crippen LogP contribution in [0.5, 0.6) is 0 Å². The second kappa shape index (κ2) is 3.35. The fourth-order valence-corrected chi connectivity index (χ4v) is 2.36. The van der Waals surface area contributed by atoms with Crippen LogP contribution in [0.1, 0.15) is 16.0 Å². The van der Waals surface area contributed by atoms with Crippen molar-refractivity contribution < 1.29 is 5.11 Å². The molecule has 4 heteroatoms. The molecular formula is C8H7NOS2. The molecule has 0 fully saturated rings. The lowest BCUT2D eigenvalue weighted by Crippen LogP contribution is -1.94. The number of thiazole rings is 1. The van der Waals surface area contributed by atoms with E-state index < -0.39 is 6.10 Å². The summed E-state index contributed by atoms with van der Waals surface area (Å²) in [6, 6.07) is 3.84. The molecule has 0 aliphatic rings. The zero-order valence-corrected chi connectivity index (χ0v) is 7.81. The lowest BCUT2D eigenvalue weighted by molar-refractivity contribution is 0.223. The van der Waals surface area contributed by atoms with E-state index in [-0.39, 0.29) is 0 Å². The number of aliphatic hydroxyl groups excluding tert-OH is 1. The summed E-state index contributed by atoms with van der Waals surface area (Å²) >= 11 is 3.02. The van der Waals surface area contributed by atoms with Gasteiger partial charge in [-0.05, 0) is 11.4 Å². The van der Waals surface area contributed by atoms with Crippen LogP contribution in [0, 0.1) is 0 Å². The predicted octanol–water partition coefficient (Wildman–Crippen LogP) is 2.29. The SMILES string of the molecule is OC(c1cccs1)c1nccs1. The van der Waals surface area contributed by atoms with E-state index in [1.165, 1.54) is 11.3 Å². The summed E-state index contributed by atoms with van der Waals surface area (Å²) in [4.78, 5) is 5.00. The normalized spacial score (nSPS) is 13.1. The summed E-state index contributed by atoms with van der Waals surface area (Å²) in [6.07, 6.45) is 1.17. The Morgan fingerprint density at radius 3 is 2.83 bits per heavy atom. The molecule has 0 aliphatic heterocycles. The van der Waals surface area contributed by atoms with Gasteiger partial charge in [0, 0.05) is 16.5 Å². The fraction of sp³-hybridized carbons (Fsp3) is 0.125. The molecule has 0 amide bonds. The van der Waals surface area contributed by atoms with Gasteiger partial charge in [0.25, 0.3) is 0 Å². The Morgan fingerprint density at radius 2 is 2.25 bits per heavy atom. The summed E-state index contributed by atoms with van der Waals surface area (Å²) in [5.41, 5.74) is 0. The van der Waals surface area contributed by atoms with Gasteiger partial charge in [0.05, 0.1) is 0 Å². The van der Waals surface area contributed by atoms with Crippen molar-refractivity contribution in [2.24, 2.45) is 0 Å². The average molecular weight is 197 g/mol. The van der Waals surface area contributed by atoms with Gasteiger partial charge in [0.15, 0.2) is 0 Å². The smallest absolute Gasteiger partial charge is 0.140 e. The van der Waals surface area contributed by atoms with Gasteiger partial charge in [0.1, 0.15) is 11.1 Å². The van der Waals surface area contributed by atoms with E-state index >= 15 is 0 Å². The van der Waals surface area contributed by atoms with Gasteiger partial charge >= 0.3 is 0 Å². The molecule has 1 unspecified atom stereocenters. The molecule has 0 radical (unpaired) electrons. The highest BCUT2D eigenvalue weighted by Crippen LogP contribution is 2.26. The lowest BCUT2D eigenvalue weighted by Gasteiger charge is -2.02. The summed E-state index contributed by atoms with van der Waals surface area (Å²) in [6.45, 7) is 0. The molecule has 2 aromatic heterocycles. The molecule has 0 bridgehead atoms. The molecule has 12 heavy (non-hydrogen) atoms. The number of hydrogen-bond donors (Lipinski definition) is 1. The van der Waals surface area contributed by atoms with Crippen molar-refractivity contribution in [3.8, 4) is 0 Å². The van der Waals surface area contributed by atoms with Gasteiger partial charge in [-0.1, -0.05) is 6.07 Å². The second-order valence-corrected chi connectivity index (χ2v) is 4.19. The van der Waals surface area contributed by atoms with Gasteiger partial charge in [-0.25, -0.2) is 4.98 Å². The third kappa shape index (κ3) is 1.41. The first-order valence-corrected chi connectivity index (χ1v) is 5.24. The molecule has 2 rings (SSSR count). The molecule has 62 valence electrons. The summed E-state index contributed by atoms with van der Waals surface area (Å²) in [7, 11) is 0. The van der Waals surface area contributed by atoms with Crippen LogP contribution in [0.3, 0.4) is 0 Å². The Morgan fingerprint density at radius 1 is 1.33 bits per heavy atom. The second-order valence-electron chi connectivity index (χ2n) is 2.29. The van der Waals surface area contributed by atoms with Crippen LogP contribution in [-0.2, 0) is 0 Å². The Bertz CT molecular complexity index is 294. The van der Waals surface area contributed by atoms with Crippen molar-refractivity contribution in [3.05, 3.63) is 39.0 Å². The number of thiophene rings is 1. The van der Waals surface area contributed by atoms with E-state index in [1.54, 1.807) is 17.5 Å². The van der Waals surface area contributed by atoms with Crippen molar-refractivity contribution in [3.63, 3.8) is 0 Å².